The molecule has 1 atom stereocenters. The molecule has 1 aromatic heterocycles. The van der Waals surface area contributed by atoms with E-state index in [1.807, 2.05) is 19.9 Å². The van der Waals surface area contributed by atoms with Crippen LogP contribution in [0.3, 0.4) is 0 Å². The number of hydrogen-bond acceptors (Lipinski definition) is 3. The molecule has 0 saturated heterocycles. The Labute approximate surface area is 197 Å². The van der Waals surface area contributed by atoms with E-state index in [0.29, 0.717) is 25.3 Å². The topological polar surface area (TPSA) is 53.8 Å². The fraction of sp³-hybridized carbons (Fsp3) is 0.556. The van der Waals surface area contributed by atoms with Gasteiger partial charge in [-0.1, -0.05) is 53.7 Å². The van der Waals surface area contributed by atoms with Gasteiger partial charge in [-0.3, -0.25) is 9.59 Å². The lowest BCUT2D eigenvalue weighted by atomic mass is 9.84. The van der Waals surface area contributed by atoms with E-state index >= 15 is 0 Å². The number of amides is 2. The van der Waals surface area contributed by atoms with Gasteiger partial charge < -0.3 is 14.2 Å². The zero-order chi connectivity index (χ0) is 24.6. The van der Waals surface area contributed by atoms with Crippen molar-refractivity contribution in [1.29, 1.82) is 0 Å². The summed E-state index contributed by atoms with van der Waals surface area (Å²) in [5.74, 6) is 0.671. The molecule has 6 heteroatoms. The summed E-state index contributed by atoms with van der Waals surface area (Å²) in [7, 11) is 0. The number of carbonyl (C=O) groups is 2. The molecule has 0 aliphatic heterocycles. The average Bonchev–Trinajstić information content (AvgIpc) is 3.19. The number of hydrogen-bond donors (Lipinski definition) is 0. The van der Waals surface area contributed by atoms with Gasteiger partial charge in [0.25, 0.3) is 0 Å². The summed E-state index contributed by atoms with van der Waals surface area (Å²) >= 11 is 0. The number of carbonyl (C=O) groups excluding carboxylic acids is 2. The molecule has 0 radical (unpaired) electrons. The van der Waals surface area contributed by atoms with Gasteiger partial charge in [0.15, 0.2) is 0 Å². The summed E-state index contributed by atoms with van der Waals surface area (Å²) in [5.41, 5.74) is 0.963. The van der Waals surface area contributed by atoms with E-state index in [0.717, 1.165) is 12.0 Å². The van der Waals surface area contributed by atoms with Crippen molar-refractivity contribution in [3.05, 3.63) is 59.8 Å². The number of halogens is 1. The second-order valence-corrected chi connectivity index (χ2v) is 10.7. The maximum Gasteiger partial charge on any atom is 0.242 e. The number of benzene rings is 1. The summed E-state index contributed by atoms with van der Waals surface area (Å²) in [6.45, 7) is 13.8. The Morgan fingerprint density at radius 1 is 0.970 bits per heavy atom. The monoisotopic (exact) mass is 458 g/mol. The van der Waals surface area contributed by atoms with Gasteiger partial charge in [-0.15, -0.1) is 0 Å². The average molecular weight is 459 g/mol. The summed E-state index contributed by atoms with van der Waals surface area (Å²) in [5, 5.41) is 0. The van der Waals surface area contributed by atoms with Crippen molar-refractivity contribution < 1.29 is 18.4 Å². The maximum absolute atomic E-state index is 13.4. The quantitative estimate of drug-likeness (QED) is 0.422. The molecule has 0 spiro atoms. The molecule has 0 saturated carbocycles. The summed E-state index contributed by atoms with van der Waals surface area (Å²) < 4.78 is 18.8. The Hall–Kier alpha value is -2.63. The Morgan fingerprint density at radius 2 is 1.64 bits per heavy atom. The van der Waals surface area contributed by atoms with Gasteiger partial charge in [-0.2, -0.15) is 0 Å². The van der Waals surface area contributed by atoms with Crippen molar-refractivity contribution in [2.24, 2.45) is 17.3 Å². The van der Waals surface area contributed by atoms with Crippen LogP contribution in [0.15, 0.2) is 47.1 Å². The molecule has 2 rings (SSSR count). The third-order valence-electron chi connectivity index (χ3n) is 5.31. The number of nitrogens with zero attached hydrogens (tertiary/aromatic N) is 2. The van der Waals surface area contributed by atoms with Gasteiger partial charge >= 0.3 is 0 Å². The van der Waals surface area contributed by atoms with Crippen LogP contribution >= 0.6 is 0 Å². The van der Waals surface area contributed by atoms with Crippen LogP contribution in [0.5, 0.6) is 0 Å². The number of rotatable bonds is 11. The first-order valence-electron chi connectivity index (χ1n) is 11.8. The molecule has 0 fully saturated rings. The number of furan rings is 1. The molecule has 1 aromatic carbocycles. The van der Waals surface area contributed by atoms with Crippen LogP contribution in [0, 0.1) is 23.1 Å². The molecule has 2 aromatic rings. The predicted octanol–water partition coefficient (Wildman–Crippen LogP) is 5.89. The smallest absolute Gasteiger partial charge is 0.242 e. The van der Waals surface area contributed by atoms with Gasteiger partial charge in [-0.25, -0.2) is 4.39 Å². The zero-order valence-electron chi connectivity index (χ0n) is 20.9. The van der Waals surface area contributed by atoms with Gasteiger partial charge in [0.1, 0.15) is 11.6 Å². The van der Waals surface area contributed by atoms with Crippen molar-refractivity contribution in [3.63, 3.8) is 0 Å². The Bertz CT molecular complexity index is 870. The third kappa shape index (κ3) is 9.80. The first-order valence-corrected chi connectivity index (χ1v) is 11.8. The summed E-state index contributed by atoms with van der Waals surface area (Å²) in [4.78, 5) is 29.9. The van der Waals surface area contributed by atoms with E-state index in [9.17, 15) is 14.0 Å². The lowest BCUT2D eigenvalue weighted by Crippen LogP contribution is -2.44. The summed E-state index contributed by atoms with van der Waals surface area (Å²) in [6.07, 6.45) is 2.94. The second kappa shape index (κ2) is 12.0. The van der Waals surface area contributed by atoms with Crippen molar-refractivity contribution in [1.82, 2.24) is 9.80 Å². The fourth-order valence-electron chi connectivity index (χ4n) is 4.14. The molecular formula is C27H39FN2O3. The SMILES string of the molecule is CC(C)CN(CC(=O)N(Cc1ccc(F)cc1)Cc1ccco1)C(=O)CC(C)CC(C)(C)C. The Balaban J connectivity index is 2.14. The molecule has 0 N–H and O–H groups in total. The first kappa shape index (κ1) is 26.6. The van der Waals surface area contributed by atoms with Gasteiger partial charge in [0.2, 0.25) is 11.8 Å². The van der Waals surface area contributed by atoms with E-state index in [2.05, 4.69) is 27.7 Å². The van der Waals surface area contributed by atoms with E-state index in [4.69, 9.17) is 4.42 Å². The van der Waals surface area contributed by atoms with Crippen molar-refractivity contribution in [2.75, 3.05) is 13.1 Å². The molecule has 1 unspecified atom stereocenters. The van der Waals surface area contributed by atoms with Crippen LogP contribution in [-0.2, 0) is 22.7 Å². The standard InChI is InChI=1S/C27H39FN2O3/c1-20(2)16-29(25(31)14-21(3)15-27(4,5)6)19-26(32)30(18-24-8-7-13-33-24)17-22-9-11-23(28)12-10-22/h7-13,20-21H,14-19H2,1-6H3. The Kier molecular flexibility index (Phi) is 9.69. The molecule has 5 nitrogen and oxygen atoms in total. The first-order chi connectivity index (χ1) is 15.4. The van der Waals surface area contributed by atoms with Gasteiger partial charge in [0, 0.05) is 19.5 Å². The molecule has 0 aliphatic carbocycles. The molecular weight excluding hydrogens is 419 g/mol. The van der Waals surface area contributed by atoms with Crippen LogP contribution in [0.25, 0.3) is 0 Å². The third-order valence-corrected chi connectivity index (χ3v) is 5.31. The van der Waals surface area contributed by atoms with E-state index < -0.39 is 0 Å². The van der Waals surface area contributed by atoms with Gasteiger partial charge in [-0.05, 0) is 53.5 Å². The van der Waals surface area contributed by atoms with E-state index in [-0.39, 0.29) is 48.0 Å². The highest BCUT2D eigenvalue weighted by atomic mass is 19.1. The van der Waals surface area contributed by atoms with Crippen LogP contribution < -0.4 is 0 Å². The van der Waals surface area contributed by atoms with Crippen molar-refractivity contribution >= 4 is 11.8 Å². The summed E-state index contributed by atoms with van der Waals surface area (Å²) in [6, 6.07) is 9.70. The second-order valence-electron chi connectivity index (χ2n) is 10.7. The highest BCUT2D eigenvalue weighted by molar-refractivity contribution is 5.85. The predicted molar refractivity (Wildman–Crippen MR) is 129 cm³/mol. The Morgan fingerprint density at radius 3 is 2.18 bits per heavy atom. The highest BCUT2D eigenvalue weighted by Gasteiger charge is 2.25. The molecule has 0 aliphatic rings. The normalized spacial score (nSPS) is 12.6. The molecule has 182 valence electrons. The minimum absolute atomic E-state index is 0.00790. The fourth-order valence-corrected chi connectivity index (χ4v) is 4.14. The van der Waals surface area contributed by atoms with Crippen LogP contribution in [0.4, 0.5) is 4.39 Å². The zero-order valence-corrected chi connectivity index (χ0v) is 20.9. The van der Waals surface area contributed by atoms with Gasteiger partial charge in [0.05, 0.1) is 19.4 Å². The van der Waals surface area contributed by atoms with Crippen LogP contribution in [0.2, 0.25) is 0 Å². The minimum Gasteiger partial charge on any atom is -0.467 e. The molecule has 33 heavy (non-hydrogen) atoms. The van der Waals surface area contributed by atoms with Crippen LogP contribution in [-0.4, -0.2) is 34.7 Å². The molecule has 0 bridgehead atoms. The maximum atomic E-state index is 13.4. The van der Waals surface area contributed by atoms with Crippen LogP contribution in [0.1, 0.15) is 65.7 Å². The van der Waals surface area contributed by atoms with E-state index in [1.54, 1.807) is 34.3 Å². The molecule has 1 heterocycles. The molecule has 2 amide bonds. The lowest BCUT2D eigenvalue weighted by molar-refractivity contribution is -0.142. The van der Waals surface area contributed by atoms with E-state index in [1.165, 1.54) is 12.1 Å². The lowest BCUT2D eigenvalue weighted by Gasteiger charge is -2.30. The van der Waals surface area contributed by atoms with Crippen molar-refractivity contribution in [2.45, 2.75) is 67.5 Å². The highest BCUT2D eigenvalue weighted by Crippen LogP contribution is 2.26. The minimum atomic E-state index is -0.319. The largest absolute Gasteiger partial charge is 0.467 e. The van der Waals surface area contributed by atoms with Crippen molar-refractivity contribution in [3.8, 4) is 0 Å².